The van der Waals surface area contributed by atoms with Gasteiger partial charge in [-0.2, -0.15) is 11.8 Å². The van der Waals surface area contributed by atoms with Crippen molar-refractivity contribution in [1.82, 2.24) is 15.1 Å². The van der Waals surface area contributed by atoms with E-state index in [4.69, 9.17) is 4.74 Å². The van der Waals surface area contributed by atoms with E-state index in [1.807, 2.05) is 20.8 Å². The lowest BCUT2D eigenvalue weighted by Crippen LogP contribution is -2.48. The van der Waals surface area contributed by atoms with Crippen molar-refractivity contribution in [2.45, 2.75) is 77.6 Å². The summed E-state index contributed by atoms with van der Waals surface area (Å²) in [5, 5.41) is 3.08. The fourth-order valence-corrected chi connectivity index (χ4v) is 5.15. The summed E-state index contributed by atoms with van der Waals surface area (Å²) in [4.78, 5) is 29.4. The van der Waals surface area contributed by atoms with Gasteiger partial charge in [0.05, 0.1) is 18.1 Å². The number of nitrogens with one attached hydrogen (secondary N) is 1. The van der Waals surface area contributed by atoms with Crippen molar-refractivity contribution >= 4 is 23.6 Å². The summed E-state index contributed by atoms with van der Waals surface area (Å²) >= 11 is 1.80. The molecular formula is C23H37N3O3S. The Morgan fingerprint density at radius 3 is 2.67 bits per heavy atom. The van der Waals surface area contributed by atoms with E-state index < -0.39 is 0 Å². The summed E-state index contributed by atoms with van der Waals surface area (Å²) < 4.78 is 6.21. The molecule has 2 amide bonds. The summed E-state index contributed by atoms with van der Waals surface area (Å²) in [5.41, 5.74) is 0.753. The van der Waals surface area contributed by atoms with Crippen LogP contribution in [0, 0.1) is 5.92 Å². The first-order chi connectivity index (χ1) is 14.1. The van der Waals surface area contributed by atoms with Crippen LogP contribution in [0.3, 0.4) is 0 Å². The fraction of sp³-hybridized carbons (Fsp3) is 0.739. The molecule has 0 aromatic heterocycles. The molecule has 7 heteroatoms. The summed E-state index contributed by atoms with van der Waals surface area (Å²) in [5.74, 6) is 2.19. The third-order valence-corrected chi connectivity index (χ3v) is 6.85. The first kappa shape index (κ1) is 23.0. The Balaban J connectivity index is 1.75. The Morgan fingerprint density at radius 2 is 2.03 bits per heavy atom. The highest BCUT2D eigenvalue weighted by atomic mass is 32.2. The van der Waals surface area contributed by atoms with Gasteiger partial charge in [-0.1, -0.05) is 20.3 Å². The zero-order valence-electron chi connectivity index (χ0n) is 19.2. The second-order valence-electron chi connectivity index (χ2n) is 9.64. The molecule has 3 rings (SSSR count). The van der Waals surface area contributed by atoms with Crippen LogP contribution >= 0.6 is 11.8 Å². The van der Waals surface area contributed by atoms with E-state index in [1.165, 1.54) is 0 Å². The normalized spacial score (nSPS) is 28.0. The molecule has 1 N–H and O–H groups in total. The molecule has 6 nitrogen and oxygen atoms in total. The predicted octanol–water partition coefficient (Wildman–Crippen LogP) is 3.15. The van der Waals surface area contributed by atoms with Gasteiger partial charge < -0.3 is 19.9 Å². The van der Waals surface area contributed by atoms with Gasteiger partial charge in [-0.25, -0.2) is 0 Å². The molecule has 0 aromatic carbocycles. The average molecular weight is 436 g/mol. The van der Waals surface area contributed by atoms with E-state index in [-0.39, 0.29) is 35.5 Å². The number of thioether (sulfide) groups is 1. The van der Waals surface area contributed by atoms with Crippen LogP contribution in [0.4, 0.5) is 0 Å². The number of carbonyl (C=O) groups excluding carboxylic acids is 2. The molecule has 4 atom stereocenters. The number of likely N-dealkylation sites (tertiary alicyclic amines) is 1. The molecule has 0 unspecified atom stereocenters. The monoisotopic (exact) mass is 435 g/mol. The van der Waals surface area contributed by atoms with Gasteiger partial charge in [0.2, 0.25) is 5.91 Å². The molecule has 3 heterocycles. The van der Waals surface area contributed by atoms with Gasteiger partial charge in [0.15, 0.2) is 0 Å². The van der Waals surface area contributed by atoms with Gasteiger partial charge in [-0.3, -0.25) is 9.59 Å². The minimum absolute atomic E-state index is 0.00295. The van der Waals surface area contributed by atoms with E-state index in [0.29, 0.717) is 5.92 Å². The summed E-state index contributed by atoms with van der Waals surface area (Å²) in [6.45, 7) is 12.1. The van der Waals surface area contributed by atoms with Crippen molar-refractivity contribution in [3.63, 3.8) is 0 Å². The molecule has 0 saturated carbocycles. The highest BCUT2D eigenvalue weighted by Crippen LogP contribution is 2.36. The van der Waals surface area contributed by atoms with Crippen LogP contribution in [0.2, 0.25) is 0 Å². The van der Waals surface area contributed by atoms with Crippen LogP contribution < -0.4 is 5.32 Å². The molecule has 3 aliphatic heterocycles. The van der Waals surface area contributed by atoms with Crippen molar-refractivity contribution in [2.24, 2.45) is 5.92 Å². The molecule has 1 fully saturated rings. The zero-order chi connectivity index (χ0) is 22.1. The standard InChI is InChI=1S/C23H37N3O3S/c1-7-15(2)22-19(29-23(3,4)5)13-21(28)26(22)16-8-10-25(14-16)18-12-20(27)24-17(18)9-11-30-6/h12-13,15-17,22H,7-11,14H2,1-6H3,(H,24,27)/t15-,16-,17-,22-/m0/s1. The van der Waals surface area contributed by atoms with Gasteiger partial charge in [0, 0.05) is 30.9 Å². The third kappa shape index (κ3) is 4.98. The van der Waals surface area contributed by atoms with Crippen LogP contribution in [-0.2, 0) is 14.3 Å². The maximum absolute atomic E-state index is 13.0. The molecule has 0 bridgehead atoms. The lowest BCUT2D eigenvalue weighted by atomic mass is 9.96. The molecule has 30 heavy (non-hydrogen) atoms. The van der Waals surface area contributed by atoms with E-state index >= 15 is 0 Å². The molecule has 0 aromatic rings. The van der Waals surface area contributed by atoms with Crippen molar-refractivity contribution in [3.8, 4) is 0 Å². The molecule has 0 radical (unpaired) electrons. The number of amides is 2. The number of nitrogens with zero attached hydrogens (tertiary/aromatic N) is 2. The number of hydrogen-bond donors (Lipinski definition) is 1. The Bertz CT molecular complexity index is 728. The van der Waals surface area contributed by atoms with Gasteiger partial charge in [-0.05, 0) is 51.5 Å². The molecule has 0 spiro atoms. The lowest BCUT2D eigenvalue weighted by molar-refractivity contribution is -0.129. The lowest BCUT2D eigenvalue weighted by Gasteiger charge is -2.37. The van der Waals surface area contributed by atoms with Crippen LogP contribution in [0.15, 0.2) is 23.6 Å². The highest BCUT2D eigenvalue weighted by molar-refractivity contribution is 7.98. The smallest absolute Gasteiger partial charge is 0.250 e. The predicted molar refractivity (Wildman–Crippen MR) is 122 cm³/mol. The second-order valence-corrected chi connectivity index (χ2v) is 10.6. The number of carbonyl (C=O) groups is 2. The second kappa shape index (κ2) is 9.25. The van der Waals surface area contributed by atoms with Crippen LogP contribution in [0.25, 0.3) is 0 Å². The largest absolute Gasteiger partial charge is 0.490 e. The van der Waals surface area contributed by atoms with E-state index in [1.54, 1.807) is 23.9 Å². The maximum atomic E-state index is 13.0. The van der Waals surface area contributed by atoms with E-state index in [2.05, 4.69) is 35.2 Å². The van der Waals surface area contributed by atoms with Crippen LogP contribution in [-0.4, -0.2) is 70.4 Å². The van der Waals surface area contributed by atoms with Crippen LogP contribution in [0.1, 0.15) is 53.9 Å². The zero-order valence-corrected chi connectivity index (χ0v) is 20.1. The SMILES string of the molecule is CC[C@H](C)[C@H]1C(OC(C)(C)C)=CC(=O)N1[C@H]1CCN(C2=CC(=O)N[C@H]2CCSC)C1. The first-order valence-electron chi connectivity index (χ1n) is 11.1. The number of rotatable bonds is 8. The summed E-state index contributed by atoms with van der Waals surface area (Å²) in [6, 6.07) is 0.198. The molecular weight excluding hydrogens is 398 g/mol. The van der Waals surface area contributed by atoms with Gasteiger partial charge >= 0.3 is 0 Å². The van der Waals surface area contributed by atoms with Crippen molar-refractivity contribution in [2.75, 3.05) is 25.1 Å². The Kier molecular flexibility index (Phi) is 7.10. The highest BCUT2D eigenvalue weighted by Gasteiger charge is 2.45. The Morgan fingerprint density at radius 1 is 1.30 bits per heavy atom. The Hall–Kier alpha value is -1.63. The van der Waals surface area contributed by atoms with Crippen molar-refractivity contribution < 1.29 is 14.3 Å². The van der Waals surface area contributed by atoms with E-state index in [9.17, 15) is 9.59 Å². The molecule has 168 valence electrons. The topological polar surface area (TPSA) is 61.9 Å². The number of ether oxygens (including phenoxy) is 1. The minimum atomic E-state index is -0.333. The molecule has 0 aliphatic carbocycles. The molecule has 3 aliphatic rings. The summed E-state index contributed by atoms with van der Waals surface area (Å²) in [6.07, 6.45) is 8.36. The van der Waals surface area contributed by atoms with E-state index in [0.717, 1.165) is 49.6 Å². The van der Waals surface area contributed by atoms with Gasteiger partial charge in [0.25, 0.3) is 5.91 Å². The van der Waals surface area contributed by atoms with Crippen molar-refractivity contribution in [3.05, 3.63) is 23.6 Å². The van der Waals surface area contributed by atoms with Crippen LogP contribution in [0.5, 0.6) is 0 Å². The first-order valence-corrected chi connectivity index (χ1v) is 12.5. The molecule has 1 saturated heterocycles. The number of hydrogen-bond acceptors (Lipinski definition) is 5. The quantitative estimate of drug-likeness (QED) is 0.635. The van der Waals surface area contributed by atoms with Crippen molar-refractivity contribution in [1.29, 1.82) is 0 Å². The fourth-order valence-electron chi connectivity index (χ4n) is 4.68. The third-order valence-electron chi connectivity index (χ3n) is 6.20. The summed E-state index contributed by atoms with van der Waals surface area (Å²) in [7, 11) is 0. The van der Waals surface area contributed by atoms with Gasteiger partial charge in [0.1, 0.15) is 11.4 Å². The minimum Gasteiger partial charge on any atom is -0.490 e. The Labute approximate surface area is 185 Å². The van der Waals surface area contributed by atoms with Gasteiger partial charge in [-0.15, -0.1) is 0 Å². The average Bonchev–Trinajstić information content (AvgIpc) is 3.34. The maximum Gasteiger partial charge on any atom is 0.250 e.